The van der Waals surface area contributed by atoms with E-state index >= 15 is 0 Å². The summed E-state index contributed by atoms with van der Waals surface area (Å²) in [5.41, 5.74) is 1.62. The number of nitrogens with one attached hydrogen (secondary N) is 1. The molecule has 2 rings (SSSR count). The molecule has 21 heavy (non-hydrogen) atoms. The number of aliphatic carboxylic acids is 1. The largest absolute Gasteiger partial charge is 0.481 e. The van der Waals surface area contributed by atoms with Crippen LogP contribution < -0.4 is 5.32 Å². The minimum Gasteiger partial charge on any atom is -0.481 e. The topological polar surface area (TPSA) is 66.4 Å². The van der Waals surface area contributed by atoms with Gasteiger partial charge in [-0.25, -0.2) is 0 Å². The Kier molecular flexibility index (Phi) is 5.14. The van der Waals surface area contributed by atoms with Crippen molar-refractivity contribution in [3.05, 3.63) is 50.6 Å². The van der Waals surface area contributed by atoms with Crippen molar-refractivity contribution in [1.82, 2.24) is 0 Å². The zero-order valence-corrected chi connectivity index (χ0v) is 13.7. The molecule has 0 spiro atoms. The normalized spacial score (nSPS) is 11.9. The van der Waals surface area contributed by atoms with Gasteiger partial charge in [-0.05, 0) is 51.0 Å². The van der Waals surface area contributed by atoms with Crippen molar-refractivity contribution in [2.45, 2.75) is 19.3 Å². The molecule has 2 aromatic rings. The first-order valence-electron chi connectivity index (χ1n) is 6.33. The van der Waals surface area contributed by atoms with E-state index in [9.17, 15) is 9.59 Å². The van der Waals surface area contributed by atoms with Crippen LogP contribution in [0, 0.1) is 0 Å². The number of carboxylic acids is 1. The quantitative estimate of drug-likeness (QED) is 0.825. The number of benzene rings is 1. The molecule has 1 aromatic heterocycles. The number of hydrogen-bond acceptors (Lipinski definition) is 3. The summed E-state index contributed by atoms with van der Waals surface area (Å²) >= 11 is 4.70. The Morgan fingerprint density at radius 3 is 2.48 bits per heavy atom. The number of halogens is 1. The second-order valence-corrected chi connectivity index (χ2v) is 6.44. The van der Waals surface area contributed by atoms with Crippen molar-refractivity contribution >= 4 is 44.8 Å². The Balaban J connectivity index is 2.04. The zero-order valence-electron chi connectivity index (χ0n) is 11.3. The summed E-state index contributed by atoms with van der Waals surface area (Å²) in [6, 6.07) is 9.08. The molecule has 2 N–H and O–H groups in total. The Morgan fingerprint density at radius 2 is 1.95 bits per heavy atom. The molecule has 4 nitrogen and oxygen atoms in total. The second kappa shape index (κ2) is 6.87. The number of amides is 1. The maximum Gasteiger partial charge on any atom is 0.303 e. The number of thiophene rings is 1. The highest BCUT2D eigenvalue weighted by molar-refractivity contribution is 9.10. The predicted molar refractivity (Wildman–Crippen MR) is 87.1 cm³/mol. The highest BCUT2D eigenvalue weighted by Crippen LogP contribution is 2.25. The van der Waals surface area contributed by atoms with E-state index in [0.29, 0.717) is 10.6 Å². The molecule has 110 valence electrons. The highest BCUT2D eigenvalue weighted by atomic mass is 79.9. The third-order valence-electron chi connectivity index (χ3n) is 3.04. The summed E-state index contributed by atoms with van der Waals surface area (Å²) in [6.07, 6.45) is 0.0911. The lowest BCUT2D eigenvalue weighted by atomic mass is 9.98. The van der Waals surface area contributed by atoms with Crippen LogP contribution in [0.4, 0.5) is 5.69 Å². The van der Waals surface area contributed by atoms with Gasteiger partial charge in [-0.3, -0.25) is 9.59 Å². The van der Waals surface area contributed by atoms with E-state index in [1.807, 2.05) is 30.5 Å². The number of anilines is 1. The Bertz CT molecular complexity index is 651. The number of hydrogen-bond donors (Lipinski definition) is 2. The van der Waals surface area contributed by atoms with Crippen LogP contribution in [0.3, 0.4) is 0 Å². The van der Waals surface area contributed by atoms with Crippen molar-refractivity contribution < 1.29 is 14.7 Å². The van der Waals surface area contributed by atoms with Gasteiger partial charge in [-0.2, -0.15) is 0 Å². The van der Waals surface area contributed by atoms with E-state index in [0.717, 1.165) is 10.0 Å². The van der Waals surface area contributed by atoms with Crippen LogP contribution in [-0.2, 0) is 4.79 Å². The van der Waals surface area contributed by atoms with E-state index in [1.54, 1.807) is 12.1 Å². The van der Waals surface area contributed by atoms with Gasteiger partial charge in [0, 0.05) is 10.2 Å². The molecular formula is C15H14BrNO3S. The van der Waals surface area contributed by atoms with Crippen LogP contribution in [0.15, 0.2) is 40.2 Å². The van der Waals surface area contributed by atoms with E-state index in [1.165, 1.54) is 11.3 Å². The SMILES string of the molecule is CC(CC(=O)O)c1ccc(NC(=O)c2sccc2Br)cc1. The first-order valence-corrected chi connectivity index (χ1v) is 8.00. The third kappa shape index (κ3) is 4.15. The molecule has 6 heteroatoms. The molecule has 0 bridgehead atoms. The minimum atomic E-state index is -0.817. The smallest absolute Gasteiger partial charge is 0.303 e. The fourth-order valence-corrected chi connectivity index (χ4v) is 3.36. The summed E-state index contributed by atoms with van der Waals surface area (Å²) in [4.78, 5) is 23.4. The van der Waals surface area contributed by atoms with Crippen LogP contribution in [0.5, 0.6) is 0 Å². The Morgan fingerprint density at radius 1 is 1.29 bits per heavy atom. The fraction of sp³-hybridized carbons (Fsp3) is 0.200. The number of carboxylic acid groups (broad SMARTS) is 1. The van der Waals surface area contributed by atoms with Crippen molar-refractivity contribution in [3.63, 3.8) is 0 Å². The van der Waals surface area contributed by atoms with Crippen molar-refractivity contribution in [3.8, 4) is 0 Å². The van der Waals surface area contributed by atoms with Crippen molar-refractivity contribution in [2.75, 3.05) is 5.32 Å². The third-order valence-corrected chi connectivity index (χ3v) is 4.88. The van der Waals surface area contributed by atoms with Crippen LogP contribution in [0.2, 0.25) is 0 Å². The molecule has 0 aliphatic carbocycles. The minimum absolute atomic E-state index is 0.0568. The van der Waals surface area contributed by atoms with Crippen LogP contribution in [-0.4, -0.2) is 17.0 Å². The monoisotopic (exact) mass is 367 g/mol. The molecule has 0 fully saturated rings. The predicted octanol–water partition coefficient (Wildman–Crippen LogP) is 4.34. The van der Waals surface area contributed by atoms with Crippen LogP contribution >= 0.6 is 27.3 Å². The second-order valence-electron chi connectivity index (χ2n) is 4.67. The maximum atomic E-state index is 12.1. The number of carbonyl (C=O) groups is 2. The van der Waals surface area contributed by atoms with Gasteiger partial charge >= 0.3 is 5.97 Å². The van der Waals surface area contributed by atoms with Gasteiger partial charge in [0.2, 0.25) is 0 Å². The van der Waals surface area contributed by atoms with Gasteiger partial charge in [-0.15, -0.1) is 11.3 Å². The average molecular weight is 368 g/mol. The maximum absolute atomic E-state index is 12.1. The first-order chi connectivity index (χ1) is 9.97. The number of carbonyl (C=O) groups excluding carboxylic acids is 1. The van der Waals surface area contributed by atoms with Crippen LogP contribution in [0.1, 0.15) is 34.5 Å². The van der Waals surface area contributed by atoms with Crippen molar-refractivity contribution in [1.29, 1.82) is 0 Å². The zero-order chi connectivity index (χ0) is 15.4. The summed E-state index contributed by atoms with van der Waals surface area (Å²) in [5, 5.41) is 13.5. The highest BCUT2D eigenvalue weighted by Gasteiger charge is 2.13. The van der Waals surface area contributed by atoms with Gasteiger partial charge < -0.3 is 10.4 Å². The lowest BCUT2D eigenvalue weighted by Crippen LogP contribution is -2.10. The molecule has 1 aromatic carbocycles. The molecule has 1 heterocycles. The summed E-state index contributed by atoms with van der Waals surface area (Å²) in [5.74, 6) is -1.04. The van der Waals surface area contributed by atoms with Gasteiger partial charge in [0.05, 0.1) is 6.42 Å². The lowest BCUT2D eigenvalue weighted by Gasteiger charge is -2.10. The van der Waals surface area contributed by atoms with Crippen molar-refractivity contribution in [2.24, 2.45) is 0 Å². The molecule has 0 radical (unpaired) electrons. The molecule has 1 unspecified atom stereocenters. The van der Waals surface area contributed by atoms with Gasteiger partial charge in [0.25, 0.3) is 5.91 Å². The number of rotatable bonds is 5. The van der Waals surface area contributed by atoms with Gasteiger partial charge in [-0.1, -0.05) is 19.1 Å². The van der Waals surface area contributed by atoms with E-state index in [4.69, 9.17) is 5.11 Å². The summed E-state index contributed by atoms with van der Waals surface area (Å²) in [6.45, 7) is 1.87. The molecule has 0 aliphatic heterocycles. The summed E-state index contributed by atoms with van der Waals surface area (Å²) < 4.78 is 0.775. The molecule has 0 saturated heterocycles. The van der Waals surface area contributed by atoms with Gasteiger partial charge in [0.1, 0.15) is 4.88 Å². The standard InChI is InChI=1S/C15H14BrNO3S/c1-9(8-13(18)19)10-2-4-11(5-3-10)17-15(20)14-12(16)6-7-21-14/h2-7,9H,8H2,1H3,(H,17,20)(H,18,19). The Hall–Kier alpha value is -1.66. The summed E-state index contributed by atoms with van der Waals surface area (Å²) in [7, 11) is 0. The van der Waals surface area contributed by atoms with E-state index in [2.05, 4.69) is 21.2 Å². The van der Waals surface area contributed by atoms with Gasteiger partial charge in [0.15, 0.2) is 0 Å². The molecular weight excluding hydrogens is 354 g/mol. The molecule has 1 amide bonds. The van der Waals surface area contributed by atoms with E-state index in [-0.39, 0.29) is 18.2 Å². The van der Waals surface area contributed by atoms with E-state index < -0.39 is 5.97 Å². The molecule has 1 atom stereocenters. The first kappa shape index (κ1) is 15.7. The van der Waals surface area contributed by atoms with Crippen LogP contribution in [0.25, 0.3) is 0 Å². The molecule has 0 saturated carbocycles. The average Bonchev–Trinajstić information content (AvgIpc) is 2.85. The fourth-order valence-electron chi connectivity index (χ4n) is 1.92. The molecule has 0 aliphatic rings. The lowest BCUT2D eigenvalue weighted by molar-refractivity contribution is -0.137. The Labute approximate surface area is 134 Å².